The minimum atomic E-state index is -5.45. The predicted molar refractivity (Wildman–Crippen MR) is 87.4 cm³/mol. The van der Waals surface area contributed by atoms with Crippen LogP contribution in [0.1, 0.15) is 32.1 Å². The minimum absolute atomic E-state index is 0.0668. The molecule has 1 amide bonds. The van der Waals surface area contributed by atoms with Gasteiger partial charge in [-0.05, 0) is 19.3 Å². The lowest BCUT2D eigenvalue weighted by atomic mass is 10.2. The van der Waals surface area contributed by atoms with Crippen molar-refractivity contribution in [1.29, 1.82) is 0 Å². The van der Waals surface area contributed by atoms with Crippen LogP contribution in [0.5, 0.6) is 0 Å². The average molecular weight is 399 g/mol. The Hall–Kier alpha value is -1.06. The molecule has 0 radical (unpaired) electrons. The SMILES string of the molecule is O=C(CCCCn1ccnc1)NCCCC(O)(P(=O)(O)O)P(=O)(O)O. The number of imidazole rings is 1. The van der Waals surface area contributed by atoms with Crippen molar-refractivity contribution in [2.24, 2.45) is 0 Å². The van der Waals surface area contributed by atoms with Crippen molar-refractivity contribution in [2.75, 3.05) is 6.54 Å². The van der Waals surface area contributed by atoms with Gasteiger partial charge in [0.25, 0.3) is 5.08 Å². The number of carbonyl (C=O) groups excluding carboxylic acids is 1. The van der Waals surface area contributed by atoms with Crippen LogP contribution in [-0.2, 0) is 20.5 Å². The number of aryl methyl sites for hydroxylation is 1. The number of hydrogen-bond donors (Lipinski definition) is 6. The first-order valence-corrected chi connectivity index (χ1v) is 10.8. The summed E-state index contributed by atoms with van der Waals surface area (Å²) in [4.78, 5) is 51.4. The van der Waals surface area contributed by atoms with E-state index in [4.69, 9.17) is 19.6 Å². The molecule has 0 saturated heterocycles. The van der Waals surface area contributed by atoms with Crippen LogP contribution < -0.4 is 5.32 Å². The van der Waals surface area contributed by atoms with E-state index in [1.54, 1.807) is 12.5 Å². The summed E-state index contributed by atoms with van der Waals surface area (Å²) >= 11 is 0. The lowest BCUT2D eigenvalue weighted by molar-refractivity contribution is -0.121. The highest BCUT2D eigenvalue weighted by Crippen LogP contribution is 2.69. The van der Waals surface area contributed by atoms with E-state index >= 15 is 0 Å². The van der Waals surface area contributed by atoms with E-state index in [1.165, 1.54) is 0 Å². The molecule has 0 unspecified atom stereocenters. The Morgan fingerprint density at radius 1 is 1.12 bits per heavy atom. The molecule has 11 nitrogen and oxygen atoms in total. The van der Waals surface area contributed by atoms with Gasteiger partial charge in [-0.15, -0.1) is 0 Å². The molecule has 1 aromatic rings. The zero-order valence-electron chi connectivity index (χ0n) is 13.4. The standard InChI is InChI=1S/C12H23N3O8P2/c16-11(4-1-2-8-15-9-7-13-10-15)14-6-3-5-12(17,24(18,19)20)25(21,22)23/h7,9-10,17H,1-6,8H2,(H,14,16)(H2,18,19,20)(H2,21,22,23). The number of rotatable bonds is 11. The monoisotopic (exact) mass is 399 g/mol. The van der Waals surface area contributed by atoms with Crippen molar-refractivity contribution < 1.29 is 38.6 Å². The summed E-state index contributed by atoms with van der Waals surface area (Å²) in [6.07, 6.45) is 5.72. The van der Waals surface area contributed by atoms with Crippen LogP contribution >= 0.6 is 15.2 Å². The maximum Gasteiger partial charge on any atom is 0.369 e. The molecule has 0 saturated carbocycles. The number of aromatic nitrogens is 2. The predicted octanol–water partition coefficient (Wildman–Crippen LogP) is -0.0487. The lowest BCUT2D eigenvalue weighted by Crippen LogP contribution is -2.31. The fourth-order valence-corrected chi connectivity index (χ4v) is 4.36. The van der Waals surface area contributed by atoms with Gasteiger partial charge in [0.1, 0.15) is 0 Å². The summed E-state index contributed by atoms with van der Waals surface area (Å²) in [5.74, 6) is -0.290. The fraction of sp³-hybridized carbons (Fsp3) is 0.667. The van der Waals surface area contributed by atoms with E-state index in [2.05, 4.69) is 10.3 Å². The third-order valence-corrected chi connectivity index (χ3v) is 7.45. The highest BCUT2D eigenvalue weighted by Gasteiger charge is 2.58. The Bertz CT molecular complexity index is 617. The van der Waals surface area contributed by atoms with Gasteiger partial charge in [0.2, 0.25) is 5.91 Å². The molecular weight excluding hydrogens is 376 g/mol. The van der Waals surface area contributed by atoms with Crippen molar-refractivity contribution >= 4 is 21.1 Å². The summed E-state index contributed by atoms with van der Waals surface area (Å²) in [7, 11) is -10.9. The number of unbranched alkanes of at least 4 members (excludes halogenated alkanes) is 1. The lowest BCUT2D eigenvalue weighted by Gasteiger charge is -2.29. The van der Waals surface area contributed by atoms with Crippen molar-refractivity contribution in [1.82, 2.24) is 14.9 Å². The van der Waals surface area contributed by atoms with Gasteiger partial charge in [0.05, 0.1) is 6.33 Å². The molecule has 0 aromatic carbocycles. The van der Waals surface area contributed by atoms with Gasteiger partial charge in [-0.3, -0.25) is 13.9 Å². The van der Waals surface area contributed by atoms with E-state index < -0.39 is 26.7 Å². The van der Waals surface area contributed by atoms with Crippen molar-refractivity contribution in [2.45, 2.75) is 43.7 Å². The van der Waals surface area contributed by atoms with E-state index in [0.717, 1.165) is 13.0 Å². The van der Waals surface area contributed by atoms with Gasteiger partial charge >= 0.3 is 15.2 Å². The molecular formula is C12H23N3O8P2. The molecule has 1 aromatic heterocycles. The molecule has 0 atom stereocenters. The molecule has 1 heterocycles. The first-order valence-electron chi connectivity index (χ1n) is 7.53. The second-order valence-electron chi connectivity index (χ2n) is 5.57. The highest BCUT2D eigenvalue weighted by molar-refractivity contribution is 7.72. The summed E-state index contributed by atoms with van der Waals surface area (Å²) in [6.45, 7) is 0.660. The van der Waals surface area contributed by atoms with Gasteiger partial charge in [0.15, 0.2) is 0 Å². The van der Waals surface area contributed by atoms with Crippen LogP contribution in [0.25, 0.3) is 0 Å². The third kappa shape index (κ3) is 6.63. The number of hydrogen-bond acceptors (Lipinski definition) is 5. The molecule has 144 valence electrons. The quantitative estimate of drug-likeness (QED) is 0.219. The third-order valence-electron chi connectivity index (χ3n) is 3.57. The van der Waals surface area contributed by atoms with Crippen molar-refractivity contribution in [3.8, 4) is 0 Å². The van der Waals surface area contributed by atoms with Crippen LogP contribution in [-0.4, -0.2) is 51.8 Å². The van der Waals surface area contributed by atoms with Crippen LogP contribution in [0.2, 0.25) is 0 Å². The normalized spacial score (nSPS) is 13.0. The Kier molecular flexibility index (Phi) is 7.95. The molecule has 1 rings (SSSR count). The molecule has 0 aliphatic rings. The summed E-state index contributed by atoms with van der Waals surface area (Å²) < 4.78 is 24.2. The van der Waals surface area contributed by atoms with Gasteiger partial charge in [-0.25, -0.2) is 4.98 Å². The molecule has 0 aliphatic heterocycles. The number of carbonyl (C=O) groups is 1. The molecule has 0 spiro atoms. The van der Waals surface area contributed by atoms with Crippen molar-refractivity contribution in [3.63, 3.8) is 0 Å². The van der Waals surface area contributed by atoms with Gasteiger partial charge in [0, 0.05) is 38.3 Å². The average Bonchev–Trinajstić information content (AvgIpc) is 2.98. The summed E-state index contributed by atoms with van der Waals surface area (Å²) in [5, 5.41) is 8.71. The first-order chi connectivity index (χ1) is 11.5. The van der Waals surface area contributed by atoms with Gasteiger partial charge in [-0.2, -0.15) is 0 Å². The van der Waals surface area contributed by atoms with Crippen LogP contribution in [0.4, 0.5) is 0 Å². The van der Waals surface area contributed by atoms with E-state index in [-0.39, 0.29) is 25.3 Å². The van der Waals surface area contributed by atoms with Gasteiger partial charge < -0.3 is 34.6 Å². The molecule has 0 fully saturated rings. The molecule has 0 aliphatic carbocycles. The Morgan fingerprint density at radius 2 is 1.76 bits per heavy atom. The highest BCUT2D eigenvalue weighted by atomic mass is 31.2. The minimum Gasteiger partial charge on any atom is -0.368 e. The number of nitrogens with one attached hydrogen (secondary N) is 1. The smallest absolute Gasteiger partial charge is 0.368 e. The largest absolute Gasteiger partial charge is 0.369 e. The zero-order valence-corrected chi connectivity index (χ0v) is 15.2. The molecule has 0 bridgehead atoms. The van der Waals surface area contributed by atoms with E-state index in [9.17, 15) is 19.0 Å². The molecule has 13 heteroatoms. The fourth-order valence-electron chi connectivity index (χ4n) is 2.10. The second-order valence-corrected chi connectivity index (χ2v) is 9.58. The van der Waals surface area contributed by atoms with Crippen LogP contribution in [0.15, 0.2) is 18.7 Å². The first kappa shape index (κ1) is 22.0. The number of nitrogens with zero attached hydrogens (tertiary/aromatic N) is 2. The van der Waals surface area contributed by atoms with Gasteiger partial charge in [-0.1, -0.05) is 0 Å². The van der Waals surface area contributed by atoms with Crippen LogP contribution in [0, 0.1) is 0 Å². The van der Waals surface area contributed by atoms with Crippen LogP contribution in [0.3, 0.4) is 0 Å². The Morgan fingerprint density at radius 3 is 2.28 bits per heavy atom. The van der Waals surface area contributed by atoms with Crippen molar-refractivity contribution in [3.05, 3.63) is 18.7 Å². The number of aliphatic hydroxyl groups is 1. The maximum absolute atomic E-state index is 11.6. The molecule has 25 heavy (non-hydrogen) atoms. The summed E-state index contributed by atoms with van der Waals surface area (Å²) in [5.41, 5.74) is 0. The van der Waals surface area contributed by atoms with E-state index in [1.807, 2.05) is 10.8 Å². The van der Waals surface area contributed by atoms with E-state index in [0.29, 0.717) is 6.42 Å². The zero-order chi connectivity index (χ0) is 19.1. The Balaban J connectivity index is 2.28. The maximum atomic E-state index is 11.6. The Labute approximate surface area is 144 Å². The topological polar surface area (TPSA) is 182 Å². The molecule has 6 N–H and O–H groups in total. The summed E-state index contributed by atoms with van der Waals surface area (Å²) in [6, 6.07) is 0. The second kappa shape index (κ2) is 9.05. The number of amides is 1.